The van der Waals surface area contributed by atoms with Crippen molar-refractivity contribution >= 4 is 130 Å². The maximum atomic E-state index is 7.15. The van der Waals surface area contributed by atoms with E-state index in [1.54, 1.807) is 0 Å². The van der Waals surface area contributed by atoms with Crippen molar-refractivity contribution in [1.82, 2.24) is 0 Å². The summed E-state index contributed by atoms with van der Waals surface area (Å²) in [4.78, 5) is 0. The summed E-state index contributed by atoms with van der Waals surface area (Å²) in [5.74, 6) is 0. The van der Waals surface area contributed by atoms with Crippen molar-refractivity contribution in [3.8, 4) is 55.6 Å². The van der Waals surface area contributed by atoms with Crippen LogP contribution in [0.5, 0.6) is 0 Å². The van der Waals surface area contributed by atoms with Gasteiger partial charge in [0.25, 0.3) is 0 Å². The molecule has 18 aromatic rings. The summed E-state index contributed by atoms with van der Waals surface area (Å²) in [6.45, 7) is 0. The Morgan fingerprint density at radius 1 is 0.192 bits per heavy atom. The van der Waals surface area contributed by atoms with E-state index in [-0.39, 0.29) is 0 Å². The van der Waals surface area contributed by atoms with Gasteiger partial charge in [-0.2, -0.15) is 0 Å². The summed E-state index contributed by atoms with van der Waals surface area (Å²) >= 11 is 0. The average Bonchev–Trinajstić information content (AvgIpc) is 4.15. The van der Waals surface area contributed by atoms with Gasteiger partial charge in [0.1, 0.15) is 22.3 Å². The SMILES string of the molecule is c1cc2ccc3ccc(-c4ccc5cc(-c6cccc7c6oc6cc(-c8cc(-c9cccc%10c9oc9ccccc9%10)c9ccccc9c8-c8ccc9ccc%10cccc%11ccc8c9c%10%11)ccc67)ccc5c4)c4ccc(c1)c2c34. The zero-order chi connectivity index (χ0) is 50.7. The monoisotopic (exact) mass is 986 g/mol. The summed E-state index contributed by atoms with van der Waals surface area (Å²) < 4.78 is 13.9. The molecule has 0 spiro atoms. The van der Waals surface area contributed by atoms with Crippen molar-refractivity contribution in [3.63, 3.8) is 0 Å². The quantitative estimate of drug-likeness (QED) is 0.161. The Morgan fingerprint density at radius 2 is 0.628 bits per heavy atom. The highest BCUT2D eigenvalue weighted by molar-refractivity contribution is 6.29. The van der Waals surface area contributed by atoms with E-state index in [0.717, 1.165) is 77.3 Å². The molecule has 0 atom stereocenters. The number of rotatable bonds is 5. The van der Waals surface area contributed by atoms with Crippen LogP contribution in [0, 0.1) is 0 Å². The first-order chi connectivity index (χ1) is 38.6. The van der Waals surface area contributed by atoms with Crippen LogP contribution in [0.3, 0.4) is 0 Å². The lowest BCUT2D eigenvalue weighted by Crippen LogP contribution is -1.94. The van der Waals surface area contributed by atoms with Gasteiger partial charge in [0.05, 0.1) is 0 Å². The average molecular weight is 987 g/mol. The molecule has 2 nitrogen and oxygen atoms in total. The smallest absolute Gasteiger partial charge is 0.143 e. The van der Waals surface area contributed by atoms with Crippen LogP contribution in [-0.4, -0.2) is 0 Å². The van der Waals surface area contributed by atoms with Gasteiger partial charge in [0, 0.05) is 32.7 Å². The molecule has 16 aromatic carbocycles. The number of fused-ring (bicyclic) bond motifs is 8. The molecule has 0 saturated carbocycles. The van der Waals surface area contributed by atoms with Gasteiger partial charge >= 0.3 is 0 Å². The molecular formula is C76H42O2. The molecule has 78 heavy (non-hydrogen) atoms. The summed E-state index contributed by atoms with van der Waals surface area (Å²) in [6, 6.07) is 94.2. The first-order valence-electron chi connectivity index (χ1n) is 27.0. The van der Waals surface area contributed by atoms with E-state index in [2.05, 4.69) is 249 Å². The fourth-order valence-electron chi connectivity index (χ4n) is 13.8. The molecule has 18 rings (SSSR count). The zero-order valence-electron chi connectivity index (χ0n) is 42.1. The van der Waals surface area contributed by atoms with Crippen LogP contribution in [0.1, 0.15) is 0 Å². The van der Waals surface area contributed by atoms with Crippen molar-refractivity contribution in [1.29, 1.82) is 0 Å². The third kappa shape index (κ3) is 5.86. The minimum absolute atomic E-state index is 0.851. The first kappa shape index (κ1) is 42.0. The van der Waals surface area contributed by atoms with Gasteiger partial charge in [-0.05, 0) is 167 Å². The molecule has 358 valence electrons. The molecular weight excluding hydrogens is 945 g/mol. The third-order valence-corrected chi connectivity index (χ3v) is 17.3. The highest BCUT2D eigenvalue weighted by Crippen LogP contribution is 2.50. The van der Waals surface area contributed by atoms with Gasteiger partial charge in [-0.1, -0.05) is 218 Å². The fraction of sp³-hybridized carbons (Fsp3) is 0. The molecule has 2 aromatic heterocycles. The van der Waals surface area contributed by atoms with Gasteiger partial charge < -0.3 is 8.83 Å². The minimum atomic E-state index is 0.851. The molecule has 2 heterocycles. The second-order valence-corrected chi connectivity index (χ2v) is 21.4. The molecule has 0 bridgehead atoms. The Labute approximate surface area is 446 Å². The molecule has 0 amide bonds. The summed E-state index contributed by atoms with van der Waals surface area (Å²) in [7, 11) is 0. The van der Waals surface area contributed by atoms with E-state index in [9.17, 15) is 0 Å². The molecule has 0 N–H and O–H groups in total. The predicted octanol–water partition coefficient (Wildman–Crippen LogP) is 21.9. The molecule has 0 fully saturated rings. The minimum Gasteiger partial charge on any atom is -0.455 e. The van der Waals surface area contributed by atoms with E-state index in [0.29, 0.717) is 0 Å². The molecule has 0 aliphatic rings. The van der Waals surface area contributed by atoms with Gasteiger partial charge in [-0.15, -0.1) is 0 Å². The van der Waals surface area contributed by atoms with Gasteiger partial charge in [-0.25, -0.2) is 0 Å². The maximum absolute atomic E-state index is 7.15. The van der Waals surface area contributed by atoms with E-state index in [1.807, 2.05) is 6.07 Å². The van der Waals surface area contributed by atoms with Gasteiger partial charge in [0.2, 0.25) is 0 Å². The second-order valence-electron chi connectivity index (χ2n) is 21.4. The van der Waals surface area contributed by atoms with Crippen molar-refractivity contribution in [2.45, 2.75) is 0 Å². The molecule has 0 radical (unpaired) electrons. The highest BCUT2D eigenvalue weighted by atomic mass is 16.3. The van der Waals surface area contributed by atoms with E-state index in [4.69, 9.17) is 8.83 Å². The van der Waals surface area contributed by atoms with E-state index in [1.165, 1.54) is 108 Å². The molecule has 0 aliphatic heterocycles. The Bertz CT molecular complexity index is 5540. The number of hydrogen-bond acceptors (Lipinski definition) is 2. The largest absolute Gasteiger partial charge is 0.455 e. The Balaban J connectivity index is 0.816. The molecule has 0 saturated heterocycles. The third-order valence-electron chi connectivity index (χ3n) is 17.3. The topological polar surface area (TPSA) is 26.3 Å². The van der Waals surface area contributed by atoms with Crippen LogP contribution in [-0.2, 0) is 0 Å². The van der Waals surface area contributed by atoms with Crippen molar-refractivity contribution in [3.05, 3.63) is 255 Å². The van der Waals surface area contributed by atoms with E-state index < -0.39 is 0 Å². The maximum Gasteiger partial charge on any atom is 0.143 e. The molecule has 2 heteroatoms. The lowest BCUT2D eigenvalue weighted by molar-refractivity contribution is 0.669. The summed E-state index contributed by atoms with van der Waals surface area (Å²) in [6.07, 6.45) is 0. The summed E-state index contributed by atoms with van der Waals surface area (Å²) in [5, 5.41) is 24.6. The fourth-order valence-corrected chi connectivity index (χ4v) is 13.8. The second kappa shape index (κ2) is 15.6. The Hall–Kier alpha value is -10.3. The number of benzene rings is 16. The van der Waals surface area contributed by atoms with Crippen molar-refractivity contribution < 1.29 is 8.83 Å². The van der Waals surface area contributed by atoms with Gasteiger partial charge in [0.15, 0.2) is 0 Å². The molecule has 0 aliphatic carbocycles. The Morgan fingerprint density at radius 3 is 1.31 bits per heavy atom. The van der Waals surface area contributed by atoms with Gasteiger partial charge in [-0.3, -0.25) is 0 Å². The number of hydrogen-bond donors (Lipinski definition) is 0. The lowest BCUT2D eigenvalue weighted by Gasteiger charge is -2.21. The predicted molar refractivity (Wildman–Crippen MR) is 331 cm³/mol. The van der Waals surface area contributed by atoms with Crippen LogP contribution in [0.25, 0.3) is 186 Å². The van der Waals surface area contributed by atoms with E-state index >= 15 is 0 Å². The highest BCUT2D eigenvalue weighted by Gasteiger charge is 2.24. The Kier molecular flexibility index (Phi) is 8.42. The van der Waals surface area contributed by atoms with Crippen LogP contribution < -0.4 is 0 Å². The zero-order valence-corrected chi connectivity index (χ0v) is 42.1. The van der Waals surface area contributed by atoms with Crippen molar-refractivity contribution in [2.24, 2.45) is 0 Å². The standard InChI is InChI=1S/C76H42O2/c1-2-15-59-56(13-1)67(65-19-8-18-63-57-14-3-4-20-68(57)77-76(63)65)42-66(74(59)62-38-32-48-24-22-44-10-6-12-46-31-37-61(62)73(48)71(44)46)53-33-35-58-64-17-7-16-55(75(64)78-69(58)41-53)52-28-26-49-39-51(27-25-50(49)40-52)54-34-29-47-23-21-43-9-5-11-45-30-36-60(54)72(47)70(43)45/h1-42H. The summed E-state index contributed by atoms with van der Waals surface area (Å²) in [5.41, 5.74) is 15.0. The number of para-hydroxylation sites is 3. The molecule has 0 unspecified atom stereocenters. The van der Waals surface area contributed by atoms with Crippen LogP contribution in [0.15, 0.2) is 264 Å². The lowest BCUT2D eigenvalue weighted by atomic mass is 9.82. The first-order valence-corrected chi connectivity index (χ1v) is 27.0. The normalized spacial score (nSPS) is 12.4. The van der Waals surface area contributed by atoms with Crippen LogP contribution >= 0.6 is 0 Å². The number of furan rings is 2. The van der Waals surface area contributed by atoms with Crippen molar-refractivity contribution in [2.75, 3.05) is 0 Å². The van der Waals surface area contributed by atoms with Crippen LogP contribution in [0.4, 0.5) is 0 Å². The van der Waals surface area contributed by atoms with Crippen LogP contribution in [0.2, 0.25) is 0 Å².